The number of aryl methyl sites for hydroxylation is 1. The molecule has 0 aliphatic carbocycles. The predicted molar refractivity (Wildman–Crippen MR) is 128 cm³/mol. The molecule has 2 heterocycles. The first kappa shape index (κ1) is 21.8. The molecule has 1 aliphatic heterocycles. The minimum absolute atomic E-state index is 0.0609. The monoisotopic (exact) mass is 474 g/mol. The number of hydrogen-bond acceptors (Lipinski definition) is 6. The van der Waals surface area contributed by atoms with Gasteiger partial charge in [0.05, 0.1) is 16.3 Å². The standard InChI is InChI=1S/C25H22N4O4S/c1-16-14-18-8-3-6-13-23(18)29(16)34(31,32)20-10-7-9-19(15-20)25(30)27-22-12-5-4-11-21(22)24-26-17(2)33-28-24/h3-13,15-16H,14H2,1-2H3,(H,27,30). The van der Waals surface area contributed by atoms with Gasteiger partial charge in [-0.05, 0) is 55.3 Å². The second-order valence-corrected chi connectivity index (χ2v) is 9.96. The van der Waals surface area contributed by atoms with E-state index in [0.717, 1.165) is 5.56 Å². The van der Waals surface area contributed by atoms with Gasteiger partial charge in [0, 0.05) is 24.1 Å². The first-order chi connectivity index (χ1) is 16.3. The molecule has 0 spiro atoms. The molecule has 172 valence electrons. The fourth-order valence-electron chi connectivity index (χ4n) is 4.21. The average Bonchev–Trinajstić information content (AvgIpc) is 3.41. The minimum atomic E-state index is -3.86. The highest BCUT2D eigenvalue weighted by atomic mass is 32.2. The van der Waals surface area contributed by atoms with E-state index < -0.39 is 15.9 Å². The molecule has 1 amide bonds. The molecule has 0 fully saturated rings. The predicted octanol–water partition coefficient (Wildman–Crippen LogP) is 4.44. The Morgan fingerprint density at radius 2 is 1.82 bits per heavy atom. The second-order valence-electron chi connectivity index (χ2n) is 8.15. The molecule has 3 aromatic carbocycles. The zero-order valence-corrected chi connectivity index (χ0v) is 19.4. The summed E-state index contributed by atoms with van der Waals surface area (Å²) in [5.41, 5.74) is 2.97. The molecule has 9 heteroatoms. The van der Waals surface area contributed by atoms with Gasteiger partial charge in [0.2, 0.25) is 11.7 Å². The van der Waals surface area contributed by atoms with Crippen molar-refractivity contribution in [2.75, 3.05) is 9.62 Å². The highest BCUT2D eigenvalue weighted by Crippen LogP contribution is 2.36. The van der Waals surface area contributed by atoms with Gasteiger partial charge in [-0.3, -0.25) is 9.10 Å². The van der Waals surface area contributed by atoms with Crippen molar-refractivity contribution in [3.63, 3.8) is 0 Å². The van der Waals surface area contributed by atoms with Crippen LogP contribution < -0.4 is 9.62 Å². The van der Waals surface area contributed by atoms with E-state index in [2.05, 4.69) is 15.5 Å². The summed E-state index contributed by atoms with van der Waals surface area (Å²) in [5, 5.41) is 6.76. The van der Waals surface area contributed by atoms with Crippen molar-refractivity contribution in [1.29, 1.82) is 0 Å². The maximum Gasteiger partial charge on any atom is 0.264 e. The highest BCUT2D eigenvalue weighted by Gasteiger charge is 2.36. The van der Waals surface area contributed by atoms with Crippen LogP contribution in [-0.4, -0.2) is 30.5 Å². The van der Waals surface area contributed by atoms with Crippen LogP contribution in [0.1, 0.15) is 28.7 Å². The Morgan fingerprint density at radius 3 is 2.62 bits per heavy atom. The number of sulfonamides is 1. The van der Waals surface area contributed by atoms with Gasteiger partial charge in [-0.15, -0.1) is 0 Å². The molecule has 5 rings (SSSR count). The number of anilines is 2. The van der Waals surface area contributed by atoms with Crippen LogP contribution in [0.3, 0.4) is 0 Å². The van der Waals surface area contributed by atoms with Crippen molar-refractivity contribution in [2.45, 2.75) is 31.2 Å². The van der Waals surface area contributed by atoms with Crippen LogP contribution in [0.2, 0.25) is 0 Å². The van der Waals surface area contributed by atoms with Crippen LogP contribution in [0.25, 0.3) is 11.4 Å². The van der Waals surface area contributed by atoms with E-state index >= 15 is 0 Å². The first-order valence-corrected chi connectivity index (χ1v) is 12.2. The van der Waals surface area contributed by atoms with Crippen LogP contribution in [0.4, 0.5) is 11.4 Å². The number of carbonyl (C=O) groups excluding carboxylic acids is 1. The summed E-state index contributed by atoms with van der Waals surface area (Å²) in [4.78, 5) is 17.4. The molecular formula is C25H22N4O4S. The Bertz CT molecular complexity index is 1500. The molecule has 34 heavy (non-hydrogen) atoms. The summed E-state index contributed by atoms with van der Waals surface area (Å²) in [6.45, 7) is 3.56. The van der Waals surface area contributed by atoms with Crippen LogP contribution in [0.5, 0.6) is 0 Å². The topological polar surface area (TPSA) is 105 Å². The summed E-state index contributed by atoms with van der Waals surface area (Å²) in [5.74, 6) is 0.317. The number of aromatic nitrogens is 2. The maximum atomic E-state index is 13.5. The van der Waals surface area contributed by atoms with Crippen molar-refractivity contribution in [3.8, 4) is 11.4 Å². The SMILES string of the molecule is Cc1nc(-c2ccccc2NC(=O)c2cccc(S(=O)(=O)N3c4ccccc4CC3C)c2)no1. The van der Waals surface area contributed by atoms with Crippen LogP contribution >= 0.6 is 0 Å². The molecule has 4 aromatic rings. The number of hydrogen-bond donors (Lipinski definition) is 1. The maximum absolute atomic E-state index is 13.5. The molecule has 1 N–H and O–H groups in total. The average molecular weight is 475 g/mol. The van der Waals surface area contributed by atoms with Gasteiger partial charge in [0.25, 0.3) is 15.9 Å². The molecule has 1 unspecified atom stereocenters. The zero-order chi connectivity index (χ0) is 23.9. The lowest BCUT2D eigenvalue weighted by Gasteiger charge is -2.24. The Labute approximate surface area is 197 Å². The van der Waals surface area contributed by atoms with Crippen molar-refractivity contribution in [3.05, 3.63) is 89.8 Å². The van der Waals surface area contributed by atoms with Crippen LogP contribution in [-0.2, 0) is 16.4 Å². The number of nitrogens with one attached hydrogen (secondary N) is 1. The molecular weight excluding hydrogens is 452 g/mol. The molecule has 0 saturated heterocycles. The largest absolute Gasteiger partial charge is 0.339 e. The smallest absolute Gasteiger partial charge is 0.264 e. The number of fused-ring (bicyclic) bond motifs is 1. The number of benzene rings is 3. The van der Waals surface area contributed by atoms with Crippen LogP contribution in [0, 0.1) is 6.92 Å². The summed E-state index contributed by atoms with van der Waals surface area (Å²) in [6.07, 6.45) is 0.641. The lowest BCUT2D eigenvalue weighted by atomic mass is 10.1. The number of amides is 1. The van der Waals surface area contributed by atoms with E-state index in [9.17, 15) is 13.2 Å². The molecule has 1 aromatic heterocycles. The number of rotatable bonds is 5. The highest BCUT2D eigenvalue weighted by molar-refractivity contribution is 7.92. The van der Waals surface area contributed by atoms with E-state index in [4.69, 9.17) is 4.52 Å². The van der Waals surface area contributed by atoms with Gasteiger partial charge in [-0.2, -0.15) is 4.98 Å². The van der Waals surface area contributed by atoms with Crippen LogP contribution in [0.15, 0.2) is 82.2 Å². The third-order valence-electron chi connectivity index (χ3n) is 5.74. The normalized spacial score (nSPS) is 15.2. The number of carbonyl (C=O) groups is 1. The van der Waals surface area contributed by atoms with Gasteiger partial charge < -0.3 is 9.84 Å². The first-order valence-electron chi connectivity index (χ1n) is 10.8. The lowest BCUT2D eigenvalue weighted by Crippen LogP contribution is -2.35. The number of para-hydroxylation sites is 2. The molecule has 1 atom stereocenters. The molecule has 0 bridgehead atoms. The Balaban J connectivity index is 1.45. The van der Waals surface area contributed by atoms with Gasteiger partial charge in [-0.1, -0.05) is 41.6 Å². The molecule has 0 saturated carbocycles. The fraction of sp³-hybridized carbons (Fsp3) is 0.160. The fourth-order valence-corrected chi connectivity index (χ4v) is 5.94. The molecule has 8 nitrogen and oxygen atoms in total. The summed E-state index contributed by atoms with van der Waals surface area (Å²) < 4.78 is 33.6. The van der Waals surface area contributed by atoms with Gasteiger partial charge >= 0.3 is 0 Å². The molecule has 1 aliphatic rings. The van der Waals surface area contributed by atoms with Crippen molar-refractivity contribution in [2.24, 2.45) is 0 Å². The Kier molecular flexibility index (Phi) is 5.41. The molecule has 0 radical (unpaired) electrons. The number of nitrogens with zero attached hydrogens (tertiary/aromatic N) is 3. The van der Waals surface area contributed by atoms with E-state index in [0.29, 0.717) is 35.1 Å². The zero-order valence-electron chi connectivity index (χ0n) is 18.6. The van der Waals surface area contributed by atoms with Gasteiger partial charge in [0.15, 0.2) is 0 Å². The van der Waals surface area contributed by atoms with Gasteiger partial charge in [0.1, 0.15) is 0 Å². The van der Waals surface area contributed by atoms with Gasteiger partial charge in [-0.25, -0.2) is 8.42 Å². The van der Waals surface area contributed by atoms with E-state index in [-0.39, 0.29) is 16.5 Å². The van der Waals surface area contributed by atoms with Crippen molar-refractivity contribution in [1.82, 2.24) is 10.1 Å². The van der Waals surface area contributed by atoms with Crippen molar-refractivity contribution < 1.29 is 17.7 Å². The van der Waals surface area contributed by atoms with E-state index in [1.165, 1.54) is 16.4 Å². The Morgan fingerprint density at radius 1 is 1.06 bits per heavy atom. The third kappa shape index (κ3) is 3.84. The second kappa shape index (κ2) is 8.42. The summed E-state index contributed by atoms with van der Waals surface area (Å²) in [6, 6.07) is 20.4. The Hall–Kier alpha value is -3.98. The minimum Gasteiger partial charge on any atom is -0.339 e. The lowest BCUT2D eigenvalue weighted by molar-refractivity contribution is 0.102. The van der Waals surface area contributed by atoms with E-state index in [1.54, 1.807) is 43.3 Å². The van der Waals surface area contributed by atoms with E-state index in [1.807, 2.05) is 31.2 Å². The third-order valence-corrected chi connectivity index (χ3v) is 7.67. The quantitative estimate of drug-likeness (QED) is 0.459. The summed E-state index contributed by atoms with van der Waals surface area (Å²) >= 11 is 0. The van der Waals surface area contributed by atoms with Crippen molar-refractivity contribution >= 4 is 27.3 Å². The summed E-state index contributed by atoms with van der Waals surface area (Å²) in [7, 11) is -3.86.